The molecule has 8 nitrogen and oxygen atoms in total. The third kappa shape index (κ3) is 8.49. The molecule has 1 atom stereocenters. The van der Waals surface area contributed by atoms with Gasteiger partial charge in [0, 0.05) is 52.4 Å². The van der Waals surface area contributed by atoms with Crippen LogP contribution in [-0.2, 0) is 17.8 Å². The third-order valence-corrected chi connectivity index (χ3v) is 6.06. The lowest BCUT2D eigenvalue weighted by Gasteiger charge is -2.32. The average molecular weight is 559 g/mol. The maximum Gasteiger partial charge on any atom is 0.233 e. The summed E-state index contributed by atoms with van der Waals surface area (Å²) in [7, 11) is 1.68. The molecule has 180 valence electrons. The smallest absolute Gasteiger partial charge is 0.233 e. The number of aliphatic hydroxyl groups is 1. The van der Waals surface area contributed by atoms with E-state index in [1.807, 2.05) is 6.92 Å². The Bertz CT molecular complexity index is 739. The number of amides is 1. The number of aliphatic hydroxyl groups excluding tert-OH is 1. The molecule has 1 amide bonds. The summed E-state index contributed by atoms with van der Waals surface area (Å²) in [6.07, 6.45) is 2.48. The summed E-state index contributed by atoms with van der Waals surface area (Å²) >= 11 is 0. The topological polar surface area (TPSA) is 92.2 Å². The van der Waals surface area contributed by atoms with Crippen molar-refractivity contribution in [2.24, 2.45) is 4.99 Å². The predicted octanol–water partition coefficient (Wildman–Crippen LogP) is 0.789. The van der Waals surface area contributed by atoms with Gasteiger partial charge < -0.3 is 21.1 Å². The van der Waals surface area contributed by atoms with Crippen LogP contribution in [0.4, 0.5) is 0 Å². The molecule has 3 rings (SSSR count). The Hall–Kier alpha value is -1.43. The van der Waals surface area contributed by atoms with Crippen LogP contribution >= 0.6 is 24.0 Å². The van der Waals surface area contributed by atoms with Gasteiger partial charge >= 0.3 is 0 Å². The van der Waals surface area contributed by atoms with E-state index in [-0.39, 0.29) is 29.9 Å². The Morgan fingerprint density at radius 2 is 1.91 bits per heavy atom. The van der Waals surface area contributed by atoms with E-state index >= 15 is 0 Å². The van der Waals surface area contributed by atoms with E-state index < -0.39 is 6.10 Å². The van der Waals surface area contributed by atoms with Gasteiger partial charge in [0.05, 0.1) is 19.2 Å². The molecule has 1 saturated heterocycles. The fourth-order valence-electron chi connectivity index (χ4n) is 4.29. The average Bonchev–Trinajstić information content (AvgIpc) is 2.78. The monoisotopic (exact) mass is 558 g/mol. The molecular weight excluding hydrogens is 519 g/mol. The van der Waals surface area contributed by atoms with Gasteiger partial charge in [-0.1, -0.05) is 24.3 Å². The molecule has 32 heavy (non-hydrogen) atoms. The maximum absolute atomic E-state index is 11.6. The normalized spacial score (nSPS) is 18.9. The van der Waals surface area contributed by atoms with Crippen molar-refractivity contribution < 1.29 is 9.90 Å². The summed E-state index contributed by atoms with van der Waals surface area (Å²) in [5.41, 5.74) is 2.79. The Labute approximate surface area is 209 Å². The minimum absolute atomic E-state index is 0. The van der Waals surface area contributed by atoms with Crippen LogP contribution in [0.3, 0.4) is 0 Å². The van der Waals surface area contributed by atoms with E-state index in [1.54, 1.807) is 7.05 Å². The van der Waals surface area contributed by atoms with E-state index in [0.29, 0.717) is 25.7 Å². The number of nitrogens with one attached hydrogen (secondary N) is 3. The van der Waals surface area contributed by atoms with Gasteiger partial charge in [-0.05, 0) is 37.3 Å². The molecule has 1 aromatic rings. The molecule has 0 aliphatic carbocycles. The summed E-state index contributed by atoms with van der Waals surface area (Å²) in [6, 6.07) is 8.89. The van der Waals surface area contributed by atoms with Crippen molar-refractivity contribution in [2.75, 3.05) is 52.9 Å². The lowest BCUT2D eigenvalue weighted by molar-refractivity contribution is -0.122. The summed E-state index contributed by atoms with van der Waals surface area (Å²) in [6.45, 7) is 7.95. The number of hydrogen-bond acceptors (Lipinski definition) is 5. The second-order valence-electron chi connectivity index (χ2n) is 8.50. The van der Waals surface area contributed by atoms with E-state index in [0.717, 1.165) is 57.9 Å². The van der Waals surface area contributed by atoms with Crippen molar-refractivity contribution >= 4 is 35.8 Å². The first-order chi connectivity index (χ1) is 15.1. The number of β-amino-alcohol motifs (C(OH)–C–C–N with tert-alkyl or cyclic N) is 1. The number of halogens is 1. The molecule has 0 bridgehead atoms. The second-order valence-corrected chi connectivity index (χ2v) is 8.50. The van der Waals surface area contributed by atoms with Crippen LogP contribution in [0.25, 0.3) is 0 Å². The number of likely N-dealkylation sites (tertiary alicyclic amines) is 1. The van der Waals surface area contributed by atoms with Crippen molar-refractivity contribution in [1.82, 2.24) is 25.8 Å². The van der Waals surface area contributed by atoms with Gasteiger partial charge in [0.15, 0.2) is 5.96 Å². The number of benzene rings is 1. The van der Waals surface area contributed by atoms with E-state index in [2.05, 4.69) is 55.0 Å². The highest BCUT2D eigenvalue weighted by Crippen LogP contribution is 2.18. The molecule has 0 radical (unpaired) electrons. The first-order valence-electron chi connectivity index (χ1n) is 11.5. The van der Waals surface area contributed by atoms with Crippen LogP contribution in [0, 0.1) is 0 Å². The Kier molecular flexibility index (Phi) is 11.7. The van der Waals surface area contributed by atoms with Gasteiger partial charge in [-0.25, -0.2) is 0 Å². The van der Waals surface area contributed by atoms with Gasteiger partial charge in [0.25, 0.3) is 0 Å². The minimum Gasteiger partial charge on any atom is -0.390 e. The van der Waals surface area contributed by atoms with Crippen molar-refractivity contribution in [2.45, 2.75) is 44.9 Å². The van der Waals surface area contributed by atoms with Crippen LogP contribution in [0.1, 0.15) is 30.9 Å². The molecule has 2 heterocycles. The fraction of sp³-hybridized carbons (Fsp3) is 0.652. The first-order valence-corrected chi connectivity index (χ1v) is 11.5. The van der Waals surface area contributed by atoms with Crippen molar-refractivity contribution in [3.63, 3.8) is 0 Å². The van der Waals surface area contributed by atoms with Gasteiger partial charge in [0.1, 0.15) is 0 Å². The summed E-state index contributed by atoms with van der Waals surface area (Å²) in [4.78, 5) is 20.7. The highest BCUT2D eigenvalue weighted by molar-refractivity contribution is 14.0. The van der Waals surface area contributed by atoms with E-state index in [4.69, 9.17) is 0 Å². The molecule has 1 fully saturated rings. The quantitative estimate of drug-likeness (QED) is 0.214. The number of carbonyl (C=O) groups is 1. The van der Waals surface area contributed by atoms with Gasteiger partial charge in [-0.15, -0.1) is 24.0 Å². The fourth-order valence-corrected chi connectivity index (χ4v) is 4.29. The Balaban J connectivity index is 0.00000363. The number of carbonyl (C=O) groups excluding carboxylic acids is 1. The Morgan fingerprint density at radius 1 is 1.19 bits per heavy atom. The second kappa shape index (κ2) is 14.0. The number of rotatable bonds is 8. The van der Waals surface area contributed by atoms with Crippen LogP contribution in [0.15, 0.2) is 29.3 Å². The largest absolute Gasteiger partial charge is 0.390 e. The zero-order valence-corrected chi connectivity index (χ0v) is 21.7. The Morgan fingerprint density at radius 3 is 2.59 bits per heavy atom. The number of fused-ring (bicyclic) bond motifs is 1. The van der Waals surface area contributed by atoms with Crippen molar-refractivity contribution in [1.29, 1.82) is 0 Å². The summed E-state index contributed by atoms with van der Waals surface area (Å²) in [5.74, 6) is 0.822. The van der Waals surface area contributed by atoms with Gasteiger partial charge in [-0.2, -0.15) is 0 Å². The van der Waals surface area contributed by atoms with Crippen LogP contribution in [-0.4, -0.2) is 91.8 Å². The molecule has 2 aliphatic heterocycles. The molecule has 0 saturated carbocycles. The molecule has 2 aliphatic rings. The van der Waals surface area contributed by atoms with Gasteiger partial charge in [-0.3, -0.25) is 19.6 Å². The van der Waals surface area contributed by atoms with Gasteiger partial charge in [0.2, 0.25) is 5.91 Å². The van der Waals surface area contributed by atoms with Crippen LogP contribution in [0.5, 0.6) is 0 Å². The molecular formula is C23H39IN6O2. The summed E-state index contributed by atoms with van der Waals surface area (Å²) < 4.78 is 0. The van der Waals surface area contributed by atoms with Crippen LogP contribution < -0.4 is 16.0 Å². The van der Waals surface area contributed by atoms with E-state index in [1.165, 1.54) is 11.1 Å². The zero-order valence-electron chi connectivity index (χ0n) is 19.3. The standard InChI is InChI=1S/C23H38N6O2.HI/c1-3-25-23(27-20-9-12-28(13-10-20)17-22(31)24-2)26-14-21(30)16-29-11-8-18-6-4-5-7-19(18)15-29;/h4-7,20-21,30H,3,8-17H2,1-2H3,(H,24,31)(H2,25,26,27);1H. The molecule has 0 spiro atoms. The number of piperidine rings is 1. The number of aliphatic imine (C=N–C) groups is 1. The van der Waals surface area contributed by atoms with Crippen molar-refractivity contribution in [3.05, 3.63) is 35.4 Å². The molecule has 1 aromatic carbocycles. The summed E-state index contributed by atoms with van der Waals surface area (Å²) in [5, 5.41) is 20.0. The zero-order chi connectivity index (χ0) is 22.1. The molecule has 9 heteroatoms. The SMILES string of the molecule is CCNC(=NCC(O)CN1CCc2ccccc2C1)NC1CCN(CC(=O)NC)CC1.I. The predicted molar refractivity (Wildman–Crippen MR) is 139 cm³/mol. The highest BCUT2D eigenvalue weighted by Gasteiger charge is 2.22. The molecule has 1 unspecified atom stereocenters. The number of nitrogens with zero attached hydrogens (tertiary/aromatic N) is 3. The van der Waals surface area contributed by atoms with E-state index in [9.17, 15) is 9.90 Å². The molecule has 4 N–H and O–H groups in total. The third-order valence-electron chi connectivity index (χ3n) is 6.06. The van der Waals surface area contributed by atoms with Crippen molar-refractivity contribution in [3.8, 4) is 0 Å². The number of likely N-dealkylation sites (N-methyl/N-ethyl adjacent to an activating group) is 1. The highest BCUT2D eigenvalue weighted by atomic mass is 127. The lowest BCUT2D eigenvalue weighted by atomic mass is 10.00. The molecule has 0 aromatic heterocycles. The van der Waals surface area contributed by atoms with Crippen LogP contribution in [0.2, 0.25) is 0 Å². The maximum atomic E-state index is 11.6. The number of guanidine groups is 1. The first kappa shape index (κ1) is 26.8. The number of hydrogen-bond donors (Lipinski definition) is 4. The minimum atomic E-state index is -0.491. The lowest BCUT2D eigenvalue weighted by Crippen LogP contribution is -2.50.